The van der Waals surface area contributed by atoms with Gasteiger partial charge in [0.25, 0.3) is 6.01 Å². The van der Waals surface area contributed by atoms with Gasteiger partial charge < -0.3 is 4.74 Å². The monoisotopic (exact) mass is 196 g/mol. The predicted molar refractivity (Wildman–Crippen MR) is 23.4 cm³/mol. The van der Waals surface area contributed by atoms with Gasteiger partial charge in [0.05, 0.1) is 0 Å². The van der Waals surface area contributed by atoms with Crippen molar-refractivity contribution in [3.8, 4) is 0 Å². The summed E-state index contributed by atoms with van der Waals surface area (Å²) in [4.78, 5) is 1.59. The summed E-state index contributed by atoms with van der Waals surface area (Å²) in [6.45, 7) is 2.11. The molecule has 0 saturated carbocycles. The second-order valence-corrected chi connectivity index (χ2v) is 1.57. The highest BCUT2D eigenvalue weighted by Crippen LogP contribution is 2.37. The summed E-state index contributed by atoms with van der Waals surface area (Å²) in [5.74, 6) is 0. The maximum atomic E-state index is 11.8. The molecule has 0 unspecified atom stereocenters. The topological polar surface area (TPSA) is 18.5 Å². The van der Waals surface area contributed by atoms with E-state index in [1.54, 1.807) is 4.94 Å². The lowest BCUT2D eigenvalue weighted by molar-refractivity contribution is -0.476. The third-order valence-electron chi connectivity index (χ3n) is 0.675. The molecule has 0 aliphatic heterocycles. The summed E-state index contributed by atoms with van der Waals surface area (Å²) in [5, 5.41) is 0. The van der Waals surface area contributed by atoms with Gasteiger partial charge in [-0.1, -0.05) is 0 Å². The first kappa shape index (κ1) is 11.1. The summed E-state index contributed by atoms with van der Waals surface area (Å²) >= 11 is 0. The summed E-state index contributed by atoms with van der Waals surface area (Å²) in [6, 6.07) is -2.18. The first-order valence-electron chi connectivity index (χ1n) is 2.32. The van der Waals surface area contributed by atoms with Crippen molar-refractivity contribution in [2.75, 3.05) is 0 Å². The van der Waals surface area contributed by atoms with Crippen molar-refractivity contribution in [2.45, 2.75) is 12.2 Å². The molecule has 0 aliphatic carbocycles. The minimum atomic E-state index is -5.55. The van der Waals surface area contributed by atoms with Gasteiger partial charge in [-0.3, -0.25) is 0 Å². The molecule has 0 heterocycles. The summed E-state index contributed by atoms with van der Waals surface area (Å²) in [6.07, 6.45) is -11.0. The van der Waals surface area contributed by atoms with Gasteiger partial charge in [-0.25, -0.2) is 0 Å². The Morgan fingerprint density at radius 2 is 1.50 bits per heavy atom. The van der Waals surface area contributed by atoms with Gasteiger partial charge in [-0.2, -0.15) is 22.0 Å². The molecule has 0 aromatic heterocycles. The fourth-order valence-electron chi connectivity index (χ4n) is 0.243. The zero-order chi connectivity index (χ0) is 9.99. The fourth-order valence-corrected chi connectivity index (χ4v) is 0.243. The molecule has 0 aromatic rings. The van der Waals surface area contributed by atoms with Crippen LogP contribution in [0.2, 0.25) is 0 Å². The molecule has 0 fully saturated rings. The lowest BCUT2D eigenvalue weighted by Crippen LogP contribution is -2.42. The Bertz CT molecular complexity index is 178. The summed E-state index contributed by atoms with van der Waals surface area (Å²) in [7, 11) is 0. The first-order chi connectivity index (χ1) is 5.23. The molecule has 0 aliphatic rings. The van der Waals surface area contributed by atoms with E-state index in [0.717, 1.165) is 0 Å². The largest absolute Gasteiger partial charge is 0.498 e. The van der Waals surface area contributed by atoms with Crippen LogP contribution in [0, 0.1) is 0 Å². The lowest BCUT2D eigenvalue weighted by atomic mass is 10.6. The van der Waals surface area contributed by atoms with E-state index in [9.17, 15) is 26.5 Å². The first-order valence-corrected chi connectivity index (χ1v) is 2.32. The number of ether oxygens (including phenoxy) is 1. The van der Waals surface area contributed by atoms with Crippen LogP contribution in [0.1, 0.15) is 0 Å². The average molecular weight is 196 g/mol. The van der Waals surface area contributed by atoms with Crippen molar-refractivity contribution in [1.29, 1.82) is 0 Å². The van der Waals surface area contributed by atoms with E-state index >= 15 is 0 Å². The third kappa shape index (κ3) is 2.29. The van der Waals surface area contributed by atoms with Crippen molar-refractivity contribution in [3.05, 3.63) is 12.6 Å². The Hall–Kier alpha value is -0.920. The molecular weight excluding hydrogens is 194 g/mol. The highest BCUT2D eigenvalue weighted by atomic mass is 19.4. The number of alkyl halides is 4. The normalized spacial score (nSPS) is 12.8. The molecule has 0 rings (SSSR count). The Morgan fingerprint density at radius 1 is 1.08 bits per heavy atom. The molecule has 0 aromatic carbocycles. The van der Waals surface area contributed by atoms with Crippen molar-refractivity contribution in [2.24, 2.45) is 0 Å². The van der Waals surface area contributed by atoms with E-state index < -0.39 is 18.2 Å². The molecule has 0 saturated heterocycles. The minimum absolute atomic E-state index is 1.59. The maximum absolute atomic E-state index is 11.8. The Kier molecular flexibility index (Phi) is 2.97. The van der Waals surface area contributed by atoms with Gasteiger partial charge >= 0.3 is 12.2 Å². The van der Waals surface area contributed by atoms with Gasteiger partial charge in [0.15, 0.2) is 0 Å². The van der Waals surface area contributed by atoms with Gasteiger partial charge in [0, 0.05) is 0 Å². The Balaban J connectivity index is 4.48. The van der Waals surface area contributed by atoms with Gasteiger partial charge in [-0.15, -0.1) is 4.94 Å². The number of hydrogen-bond donors (Lipinski definition) is 0. The van der Waals surface area contributed by atoms with Crippen molar-refractivity contribution < 1.29 is 36.2 Å². The van der Waals surface area contributed by atoms with Gasteiger partial charge in [-0.05, 0) is 11.1 Å². The zero-order valence-corrected chi connectivity index (χ0v) is 5.29. The van der Waals surface area contributed by atoms with E-state index in [-0.39, 0.29) is 0 Å². The van der Waals surface area contributed by atoms with Gasteiger partial charge in [0.1, 0.15) is 0 Å². The highest BCUT2D eigenvalue weighted by Gasteiger charge is 2.63. The predicted octanol–water partition coefficient (Wildman–Crippen LogP) is 2.53. The molecule has 2 nitrogen and oxygen atoms in total. The number of hydrogen-bond acceptors (Lipinski definition) is 2. The zero-order valence-electron chi connectivity index (χ0n) is 5.29. The lowest BCUT2D eigenvalue weighted by Gasteiger charge is -2.20. The second kappa shape index (κ2) is 3.21. The molecule has 12 heavy (non-hydrogen) atoms. The fraction of sp³-hybridized carbons (Fsp3) is 0.500. The Labute approximate surface area is 62.3 Å². The van der Waals surface area contributed by atoms with E-state index in [1.807, 2.05) is 0 Å². The molecule has 72 valence electrons. The smallest absolute Gasteiger partial charge is 0.400 e. The van der Waals surface area contributed by atoms with Crippen LogP contribution in [0.25, 0.3) is 0 Å². The second-order valence-electron chi connectivity index (χ2n) is 1.57. The molecule has 0 amide bonds. The standard InChI is InChI=1S/C4H2F6O2/c1-2(5)11-3(6,7)4(8,9)12-10/h1H2. The molecule has 0 radical (unpaired) electrons. The van der Waals surface area contributed by atoms with Crippen LogP contribution in [-0.4, -0.2) is 12.2 Å². The van der Waals surface area contributed by atoms with Crippen LogP contribution >= 0.6 is 0 Å². The van der Waals surface area contributed by atoms with Crippen molar-refractivity contribution >= 4 is 0 Å². The average Bonchev–Trinajstić information content (AvgIpc) is 1.84. The molecule has 0 spiro atoms. The molecular formula is C4H2F6O2. The van der Waals surface area contributed by atoms with E-state index in [2.05, 4.69) is 11.3 Å². The van der Waals surface area contributed by atoms with Gasteiger partial charge in [0.2, 0.25) is 0 Å². The molecule has 0 atom stereocenters. The number of rotatable bonds is 4. The summed E-state index contributed by atoms with van der Waals surface area (Å²) in [5.41, 5.74) is 0. The molecule has 0 bridgehead atoms. The van der Waals surface area contributed by atoms with Crippen LogP contribution in [0.4, 0.5) is 26.5 Å². The number of halogens is 6. The van der Waals surface area contributed by atoms with Crippen LogP contribution in [-0.2, 0) is 9.68 Å². The van der Waals surface area contributed by atoms with E-state index in [1.165, 1.54) is 0 Å². The SMILES string of the molecule is C=C(F)OC(F)(F)C(F)(F)OF. The van der Waals surface area contributed by atoms with Crippen LogP contribution in [0.5, 0.6) is 0 Å². The minimum Gasteiger partial charge on any atom is -0.400 e. The quantitative estimate of drug-likeness (QED) is 0.508. The van der Waals surface area contributed by atoms with Crippen molar-refractivity contribution in [1.82, 2.24) is 0 Å². The van der Waals surface area contributed by atoms with Crippen LogP contribution in [0.15, 0.2) is 12.6 Å². The van der Waals surface area contributed by atoms with Crippen LogP contribution < -0.4 is 0 Å². The maximum Gasteiger partial charge on any atom is 0.498 e. The molecule has 8 heteroatoms. The van der Waals surface area contributed by atoms with Crippen molar-refractivity contribution in [3.63, 3.8) is 0 Å². The summed E-state index contributed by atoms with van der Waals surface area (Å²) < 4.78 is 71.6. The van der Waals surface area contributed by atoms with E-state index in [0.29, 0.717) is 0 Å². The highest BCUT2D eigenvalue weighted by molar-refractivity contribution is 4.73. The van der Waals surface area contributed by atoms with E-state index in [4.69, 9.17) is 0 Å². The van der Waals surface area contributed by atoms with Crippen LogP contribution in [0.3, 0.4) is 0 Å². The molecule has 0 N–H and O–H groups in total. The Morgan fingerprint density at radius 3 is 1.75 bits per heavy atom. The third-order valence-corrected chi connectivity index (χ3v) is 0.675.